The number of hydrogen-bond donors (Lipinski definition) is 2. The van der Waals surface area contributed by atoms with Crippen molar-refractivity contribution in [1.82, 2.24) is 5.32 Å². The monoisotopic (exact) mass is 162 g/mol. The number of hydrogen-bond acceptors (Lipinski definition) is 3. The summed E-state index contributed by atoms with van der Waals surface area (Å²) in [5.74, 6) is 0. The van der Waals surface area contributed by atoms with E-state index in [1.807, 2.05) is 24.3 Å². The Balaban J connectivity index is 2.43. The molecule has 3 nitrogen and oxygen atoms in total. The quantitative estimate of drug-likeness (QED) is 0.603. The van der Waals surface area contributed by atoms with Gasteiger partial charge in [-0.3, -0.25) is 5.32 Å². The second-order valence-electron chi connectivity index (χ2n) is 2.76. The van der Waals surface area contributed by atoms with Crippen LogP contribution >= 0.6 is 0 Å². The van der Waals surface area contributed by atoms with Crippen LogP contribution in [-0.4, -0.2) is 13.0 Å². The molecule has 1 aromatic carbocycles. The smallest absolute Gasteiger partial charge is 0.141 e. The molecular weight excluding hydrogens is 152 g/mol. The highest BCUT2D eigenvalue weighted by Crippen LogP contribution is 2.23. The molecule has 0 aliphatic carbocycles. The zero-order chi connectivity index (χ0) is 8.39. The normalized spacial score (nSPS) is 20.8. The van der Waals surface area contributed by atoms with E-state index in [0.717, 1.165) is 17.5 Å². The number of nitrogens with one attached hydrogen (secondary N) is 2. The van der Waals surface area contributed by atoms with E-state index in [2.05, 4.69) is 10.6 Å². The average Bonchev–Trinajstić information content (AvgIpc) is 2.17. The first-order chi connectivity index (χ1) is 5.92. The predicted molar refractivity (Wildman–Crippen MR) is 46.9 cm³/mol. The van der Waals surface area contributed by atoms with Crippen molar-refractivity contribution in [3.8, 4) is 0 Å². The Hall–Kier alpha value is -1.35. The summed E-state index contributed by atoms with van der Waals surface area (Å²) >= 11 is 0. The first-order valence-corrected chi connectivity index (χ1v) is 3.93. The fourth-order valence-corrected chi connectivity index (χ4v) is 1.42. The number of rotatable bonds is 1. The summed E-state index contributed by atoms with van der Waals surface area (Å²) in [5.41, 5.74) is 2.08. The summed E-state index contributed by atoms with van der Waals surface area (Å²) in [5, 5.41) is 6.20. The Bertz CT molecular complexity index is 298. The molecule has 1 unspecified atom stereocenters. The second kappa shape index (κ2) is 2.95. The van der Waals surface area contributed by atoms with Crippen molar-refractivity contribution >= 4 is 12.0 Å². The zero-order valence-corrected chi connectivity index (χ0v) is 6.58. The lowest BCUT2D eigenvalue weighted by Crippen LogP contribution is -2.33. The molecule has 0 aromatic heterocycles. The minimum atomic E-state index is -0.151. The van der Waals surface area contributed by atoms with Gasteiger partial charge in [-0.2, -0.15) is 0 Å². The molecule has 0 amide bonds. The van der Waals surface area contributed by atoms with Gasteiger partial charge in [0.25, 0.3) is 0 Å². The summed E-state index contributed by atoms with van der Waals surface area (Å²) in [4.78, 5) is 10.6. The molecular formula is C9H10N2O. The molecule has 62 valence electrons. The Morgan fingerprint density at radius 1 is 1.42 bits per heavy atom. The lowest BCUT2D eigenvalue weighted by atomic mass is 10.0. The summed E-state index contributed by atoms with van der Waals surface area (Å²) in [6.45, 7) is 0.653. The maximum Gasteiger partial charge on any atom is 0.141 e. The first kappa shape index (κ1) is 7.31. The van der Waals surface area contributed by atoms with Crippen LogP contribution in [-0.2, 0) is 4.79 Å². The Morgan fingerprint density at radius 3 is 3.08 bits per heavy atom. The maximum atomic E-state index is 10.6. The Kier molecular flexibility index (Phi) is 1.80. The lowest BCUT2D eigenvalue weighted by molar-refractivity contribution is -0.109. The molecule has 2 rings (SSSR count). The summed E-state index contributed by atoms with van der Waals surface area (Å²) < 4.78 is 0. The number of anilines is 1. The van der Waals surface area contributed by atoms with Gasteiger partial charge in [0.1, 0.15) is 6.29 Å². The van der Waals surface area contributed by atoms with Crippen molar-refractivity contribution < 1.29 is 4.79 Å². The Morgan fingerprint density at radius 2 is 2.25 bits per heavy atom. The van der Waals surface area contributed by atoms with Crippen LogP contribution in [0.25, 0.3) is 0 Å². The topological polar surface area (TPSA) is 41.1 Å². The lowest BCUT2D eigenvalue weighted by Gasteiger charge is -2.23. The largest absolute Gasteiger partial charge is 0.372 e. The minimum Gasteiger partial charge on any atom is -0.372 e. The molecule has 2 N–H and O–H groups in total. The average molecular weight is 162 g/mol. The van der Waals surface area contributed by atoms with Gasteiger partial charge in [0.15, 0.2) is 0 Å². The molecule has 0 spiro atoms. The minimum absolute atomic E-state index is 0.151. The van der Waals surface area contributed by atoms with Crippen molar-refractivity contribution in [2.75, 3.05) is 12.0 Å². The van der Waals surface area contributed by atoms with Crippen LogP contribution in [0.3, 0.4) is 0 Å². The third-order valence-corrected chi connectivity index (χ3v) is 2.03. The van der Waals surface area contributed by atoms with Gasteiger partial charge in [-0.15, -0.1) is 0 Å². The SMILES string of the molecule is O=CC1NCNc2ccccc21. The molecule has 1 aliphatic rings. The fraction of sp³-hybridized carbons (Fsp3) is 0.222. The summed E-state index contributed by atoms with van der Waals surface area (Å²) in [6.07, 6.45) is 0.930. The van der Waals surface area contributed by atoms with Crippen LogP contribution in [0.1, 0.15) is 11.6 Å². The number of carbonyl (C=O) groups is 1. The van der Waals surface area contributed by atoms with E-state index in [-0.39, 0.29) is 6.04 Å². The molecule has 0 saturated carbocycles. The highest BCUT2D eigenvalue weighted by atomic mass is 16.1. The van der Waals surface area contributed by atoms with Gasteiger partial charge in [-0.05, 0) is 11.6 Å². The van der Waals surface area contributed by atoms with E-state index in [0.29, 0.717) is 6.67 Å². The van der Waals surface area contributed by atoms with Crippen molar-refractivity contribution in [2.24, 2.45) is 0 Å². The zero-order valence-electron chi connectivity index (χ0n) is 6.58. The van der Waals surface area contributed by atoms with E-state index in [9.17, 15) is 4.79 Å². The molecule has 1 aromatic rings. The molecule has 1 heterocycles. The van der Waals surface area contributed by atoms with E-state index >= 15 is 0 Å². The van der Waals surface area contributed by atoms with Crippen LogP contribution in [0.15, 0.2) is 24.3 Å². The van der Waals surface area contributed by atoms with E-state index in [1.54, 1.807) is 0 Å². The molecule has 0 saturated heterocycles. The van der Waals surface area contributed by atoms with E-state index < -0.39 is 0 Å². The van der Waals surface area contributed by atoms with Crippen LogP contribution in [0.4, 0.5) is 5.69 Å². The number of fused-ring (bicyclic) bond motifs is 1. The van der Waals surface area contributed by atoms with Crippen LogP contribution in [0.5, 0.6) is 0 Å². The van der Waals surface area contributed by atoms with Crippen LogP contribution < -0.4 is 10.6 Å². The van der Waals surface area contributed by atoms with Gasteiger partial charge in [0, 0.05) is 5.69 Å². The standard InChI is InChI=1S/C9H10N2O/c12-5-9-7-3-1-2-4-8(7)10-6-11-9/h1-5,9-11H,6H2. The van der Waals surface area contributed by atoms with Crippen molar-refractivity contribution in [3.05, 3.63) is 29.8 Å². The number of aldehydes is 1. The summed E-state index contributed by atoms with van der Waals surface area (Å²) in [6, 6.07) is 7.67. The van der Waals surface area contributed by atoms with Gasteiger partial charge in [0.05, 0.1) is 12.7 Å². The van der Waals surface area contributed by atoms with Crippen LogP contribution in [0.2, 0.25) is 0 Å². The first-order valence-electron chi connectivity index (χ1n) is 3.93. The van der Waals surface area contributed by atoms with Gasteiger partial charge in [-0.1, -0.05) is 18.2 Å². The number of benzene rings is 1. The Labute approximate surface area is 70.8 Å². The van der Waals surface area contributed by atoms with Crippen molar-refractivity contribution in [2.45, 2.75) is 6.04 Å². The highest BCUT2D eigenvalue weighted by molar-refractivity contribution is 5.69. The van der Waals surface area contributed by atoms with Gasteiger partial charge >= 0.3 is 0 Å². The predicted octanol–water partition coefficient (Wildman–Crippen LogP) is 0.899. The molecule has 0 bridgehead atoms. The van der Waals surface area contributed by atoms with Gasteiger partial charge < -0.3 is 10.1 Å². The third kappa shape index (κ3) is 1.08. The maximum absolute atomic E-state index is 10.6. The third-order valence-electron chi connectivity index (χ3n) is 2.03. The molecule has 0 radical (unpaired) electrons. The van der Waals surface area contributed by atoms with Crippen LogP contribution in [0, 0.1) is 0 Å². The molecule has 3 heteroatoms. The molecule has 0 fully saturated rings. The highest BCUT2D eigenvalue weighted by Gasteiger charge is 2.16. The number of carbonyl (C=O) groups excluding carboxylic acids is 1. The summed E-state index contributed by atoms with van der Waals surface area (Å²) in [7, 11) is 0. The van der Waals surface area contributed by atoms with Crippen molar-refractivity contribution in [3.63, 3.8) is 0 Å². The van der Waals surface area contributed by atoms with Gasteiger partial charge in [-0.25, -0.2) is 0 Å². The second-order valence-corrected chi connectivity index (χ2v) is 2.76. The van der Waals surface area contributed by atoms with E-state index in [4.69, 9.17) is 0 Å². The fourth-order valence-electron chi connectivity index (χ4n) is 1.42. The molecule has 1 atom stereocenters. The van der Waals surface area contributed by atoms with Crippen molar-refractivity contribution in [1.29, 1.82) is 0 Å². The van der Waals surface area contributed by atoms with Gasteiger partial charge in [0.2, 0.25) is 0 Å². The molecule has 12 heavy (non-hydrogen) atoms. The number of para-hydroxylation sites is 1. The molecule has 1 aliphatic heterocycles. The van der Waals surface area contributed by atoms with E-state index in [1.165, 1.54) is 0 Å².